The van der Waals surface area contributed by atoms with Gasteiger partial charge in [-0.1, -0.05) is 44.3 Å². The molecule has 1 aliphatic heterocycles. The maximum absolute atomic E-state index is 13.0. The molecule has 0 fully saturated rings. The summed E-state index contributed by atoms with van der Waals surface area (Å²) in [7, 11) is 1.17. The second kappa shape index (κ2) is 9.95. The third-order valence-electron chi connectivity index (χ3n) is 5.21. The van der Waals surface area contributed by atoms with Crippen LogP contribution in [-0.2, 0) is 25.7 Å². The number of fused-ring (bicyclic) bond motifs is 1. The summed E-state index contributed by atoms with van der Waals surface area (Å²) in [6, 6.07) is 12.7. The van der Waals surface area contributed by atoms with Gasteiger partial charge >= 0.3 is 5.97 Å². The molecule has 3 amide bonds. The highest BCUT2D eigenvalue weighted by atomic mass is 16.5. The van der Waals surface area contributed by atoms with Crippen molar-refractivity contribution >= 4 is 29.4 Å². The van der Waals surface area contributed by atoms with Gasteiger partial charge in [-0.2, -0.15) is 0 Å². The van der Waals surface area contributed by atoms with Gasteiger partial charge in [0, 0.05) is 17.7 Å². The number of nitrogens with zero attached hydrogens (tertiary/aromatic N) is 1. The molecule has 2 aromatic rings. The summed E-state index contributed by atoms with van der Waals surface area (Å²) in [6.45, 7) is 9.26. The van der Waals surface area contributed by atoms with Crippen LogP contribution in [0.3, 0.4) is 0 Å². The number of anilines is 1. The minimum absolute atomic E-state index is 0.0428. The Kier molecular flexibility index (Phi) is 7.07. The van der Waals surface area contributed by atoms with Gasteiger partial charge in [-0.3, -0.25) is 19.3 Å². The molecule has 0 spiro atoms. The first-order valence-electron chi connectivity index (χ1n) is 10.4. The van der Waals surface area contributed by atoms with Crippen molar-refractivity contribution in [3.63, 3.8) is 0 Å². The lowest BCUT2D eigenvalue weighted by molar-refractivity contribution is -0.137. The van der Waals surface area contributed by atoms with Crippen LogP contribution in [0.1, 0.15) is 35.7 Å². The molecule has 0 aromatic heterocycles. The number of methoxy groups -OCH3 is 1. The van der Waals surface area contributed by atoms with Gasteiger partial charge < -0.3 is 15.4 Å². The summed E-state index contributed by atoms with van der Waals surface area (Å²) in [6.07, 6.45) is 1.22. The summed E-state index contributed by atoms with van der Waals surface area (Å²) in [5.74, 6) is -1.91. The molecule has 0 unspecified atom stereocenters. The average Bonchev–Trinajstić information content (AvgIpc) is 3.15. The number of amides is 3. The fourth-order valence-electron chi connectivity index (χ4n) is 3.51. The van der Waals surface area contributed by atoms with Crippen molar-refractivity contribution in [2.75, 3.05) is 12.4 Å². The Hall–Kier alpha value is -4.20. The molecule has 0 atom stereocenters. The Morgan fingerprint density at radius 1 is 1.06 bits per heavy atom. The van der Waals surface area contributed by atoms with Crippen molar-refractivity contribution in [2.24, 2.45) is 0 Å². The second-order valence-electron chi connectivity index (χ2n) is 7.47. The molecule has 170 valence electrons. The van der Waals surface area contributed by atoms with Crippen molar-refractivity contribution < 1.29 is 23.9 Å². The molecule has 0 radical (unpaired) electrons. The summed E-state index contributed by atoms with van der Waals surface area (Å²) >= 11 is 0. The number of nitrogens with one attached hydrogen (secondary N) is 2. The van der Waals surface area contributed by atoms with E-state index < -0.39 is 11.9 Å². The number of ether oxygens (including phenoxy) is 1. The van der Waals surface area contributed by atoms with Crippen LogP contribution in [0.2, 0.25) is 0 Å². The zero-order chi connectivity index (χ0) is 24.1. The predicted octanol–water partition coefficient (Wildman–Crippen LogP) is 3.36. The van der Waals surface area contributed by atoms with E-state index >= 15 is 0 Å². The number of esters is 1. The molecule has 0 saturated carbocycles. The fourth-order valence-corrected chi connectivity index (χ4v) is 3.51. The minimum atomic E-state index is -0.788. The van der Waals surface area contributed by atoms with E-state index in [0.29, 0.717) is 17.7 Å². The fraction of sp³-hybridized carbons (Fsp3) is 0.200. The van der Waals surface area contributed by atoms with E-state index in [4.69, 9.17) is 0 Å². The van der Waals surface area contributed by atoms with Gasteiger partial charge in [0.2, 0.25) is 5.91 Å². The average molecular weight is 447 g/mol. The Bertz CT molecular complexity index is 1150. The van der Waals surface area contributed by atoms with Gasteiger partial charge in [0.25, 0.3) is 11.8 Å². The molecule has 3 rings (SSSR count). The highest BCUT2D eigenvalue weighted by molar-refractivity contribution is 6.07. The molecule has 2 aromatic carbocycles. The quantitative estimate of drug-likeness (QED) is 0.477. The van der Waals surface area contributed by atoms with Crippen molar-refractivity contribution in [2.45, 2.75) is 26.3 Å². The SMILES string of the molecule is C=C(NC(=O)C(=C)N1Cc2c(cccc2-c2ccc(NC(=O)CCC)cc2)C1=O)C(=O)OC. The third-order valence-corrected chi connectivity index (χ3v) is 5.21. The molecule has 8 nitrogen and oxygen atoms in total. The lowest BCUT2D eigenvalue weighted by Gasteiger charge is -2.18. The summed E-state index contributed by atoms with van der Waals surface area (Å²) < 4.78 is 4.51. The summed E-state index contributed by atoms with van der Waals surface area (Å²) in [5, 5.41) is 5.14. The highest BCUT2D eigenvalue weighted by Crippen LogP contribution is 2.34. The molecular weight excluding hydrogens is 422 g/mol. The number of hydrogen-bond donors (Lipinski definition) is 2. The van der Waals surface area contributed by atoms with E-state index in [9.17, 15) is 19.2 Å². The maximum atomic E-state index is 13.0. The van der Waals surface area contributed by atoms with Crippen molar-refractivity contribution in [1.82, 2.24) is 10.2 Å². The molecular formula is C25H25N3O5. The lowest BCUT2D eigenvalue weighted by atomic mass is 9.97. The minimum Gasteiger partial charge on any atom is -0.464 e. The van der Waals surface area contributed by atoms with Gasteiger partial charge in [0.15, 0.2) is 0 Å². The number of carbonyl (C=O) groups is 4. The van der Waals surface area contributed by atoms with Crippen LogP contribution in [0.15, 0.2) is 67.0 Å². The van der Waals surface area contributed by atoms with Crippen LogP contribution in [0.5, 0.6) is 0 Å². The Morgan fingerprint density at radius 2 is 1.73 bits per heavy atom. The van der Waals surface area contributed by atoms with Gasteiger partial charge in [-0.05, 0) is 41.3 Å². The van der Waals surface area contributed by atoms with Crippen molar-refractivity contribution in [3.05, 3.63) is 78.1 Å². The monoisotopic (exact) mass is 447 g/mol. The molecule has 1 aliphatic rings. The van der Waals surface area contributed by atoms with Gasteiger partial charge in [-0.15, -0.1) is 0 Å². The second-order valence-corrected chi connectivity index (χ2v) is 7.47. The molecule has 1 heterocycles. The van der Waals surface area contributed by atoms with E-state index in [1.165, 1.54) is 12.0 Å². The first-order valence-corrected chi connectivity index (χ1v) is 10.4. The van der Waals surface area contributed by atoms with Crippen molar-refractivity contribution in [3.8, 4) is 11.1 Å². The summed E-state index contributed by atoms with van der Waals surface area (Å²) in [4.78, 5) is 50.0. The lowest BCUT2D eigenvalue weighted by Crippen LogP contribution is -2.36. The predicted molar refractivity (Wildman–Crippen MR) is 124 cm³/mol. The van der Waals surface area contributed by atoms with Gasteiger partial charge in [0.05, 0.1) is 13.7 Å². The number of carbonyl (C=O) groups excluding carboxylic acids is 4. The Labute approximate surface area is 191 Å². The van der Waals surface area contributed by atoms with E-state index in [1.54, 1.807) is 12.1 Å². The molecule has 0 bridgehead atoms. The van der Waals surface area contributed by atoms with E-state index in [1.807, 2.05) is 37.3 Å². The standard InChI is InChI=1S/C25H25N3O5/c1-5-7-22(29)27-18-12-10-17(11-13-18)19-8-6-9-20-21(19)14-28(24(20)31)16(3)23(30)26-15(2)25(32)33-4/h6,8-13H,2-3,5,7,14H2,1,4H3,(H,26,30)(H,27,29). The van der Waals surface area contributed by atoms with Gasteiger partial charge in [-0.25, -0.2) is 4.79 Å². The number of rotatable bonds is 8. The van der Waals surface area contributed by atoms with Crippen LogP contribution in [0.4, 0.5) is 5.69 Å². The zero-order valence-electron chi connectivity index (χ0n) is 18.6. The van der Waals surface area contributed by atoms with Crippen LogP contribution < -0.4 is 10.6 Å². The molecule has 2 N–H and O–H groups in total. The first kappa shape index (κ1) is 23.5. The molecule has 0 saturated heterocycles. The van der Waals surface area contributed by atoms with Crippen molar-refractivity contribution in [1.29, 1.82) is 0 Å². The normalized spacial score (nSPS) is 12.1. The molecule has 0 aliphatic carbocycles. The smallest absolute Gasteiger partial charge is 0.353 e. The summed E-state index contributed by atoms with van der Waals surface area (Å²) in [5.41, 5.74) is 3.25. The van der Waals surface area contributed by atoms with E-state index in [0.717, 1.165) is 23.1 Å². The largest absolute Gasteiger partial charge is 0.464 e. The zero-order valence-corrected chi connectivity index (χ0v) is 18.6. The van der Waals surface area contributed by atoms with Crippen LogP contribution in [0, 0.1) is 0 Å². The Morgan fingerprint density at radius 3 is 2.36 bits per heavy atom. The number of benzene rings is 2. The first-order chi connectivity index (χ1) is 15.8. The van der Waals surface area contributed by atoms with Crippen LogP contribution in [-0.4, -0.2) is 35.7 Å². The van der Waals surface area contributed by atoms with Crippen LogP contribution >= 0.6 is 0 Å². The van der Waals surface area contributed by atoms with E-state index in [-0.39, 0.29) is 29.8 Å². The van der Waals surface area contributed by atoms with Crippen LogP contribution in [0.25, 0.3) is 11.1 Å². The number of hydrogen-bond acceptors (Lipinski definition) is 5. The maximum Gasteiger partial charge on any atom is 0.353 e. The Balaban J connectivity index is 1.80. The molecule has 33 heavy (non-hydrogen) atoms. The third kappa shape index (κ3) is 5.01. The topological polar surface area (TPSA) is 105 Å². The highest BCUT2D eigenvalue weighted by Gasteiger charge is 2.33. The van der Waals surface area contributed by atoms with Gasteiger partial charge in [0.1, 0.15) is 11.4 Å². The molecule has 8 heteroatoms. The van der Waals surface area contributed by atoms with E-state index in [2.05, 4.69) is 28.5 Å².